The first-order valence-electron chi connectivity index (χ1n) is 3.74. The van der Waals surface area contributed by atoms with E-state index in [4.69, 9.17) is 5.21 Å². The Morgan fingerprint density at radius 1 is 1.58 bits per heavy atom. The highest BCUT2D eigenvalue weighted by atomic mass is 79.9. The molecule has 0 radical (unpaired) electrons. The van der Waals surface area contributed by atoms with Gasteiger partial charge in [0.25, 0.3) is 0 Å². The molecule has 0 aromatic heterocycles. The maximum absolute atomic E-state index is 8.64. The van der Waals surface area contributed by atoms with Gasteiger partial charge in [-0.25, -0.2) is 0 Å². The maximum Gasteiger partial charge on any atom is 0.0865 e. The van der Waals surface area contributed by atoms with Gasteiger partial charge in [0.05, 0.1) is 5.71 Å². The van der Waals surface area contributed by atoms with Crippen molar-refractivity contribution in [2.75, 3.05) is 0 Å². The molecule has 0 saturated carbocycles. The molecule has 0 spiro atoms. The van der Waals surface area contributed by atoms with Crippen LogP contribution in [0.4, 0.5) is 0 Å². The fourth-order valence-corrected chi connectivity index (χ4v) is 1.40. The van der Waals surface area contributed by atoms with E-state index < -0.39 is 0 Å². The number of hydrogen-bond acceptors (Lipinski definition) is 2. The van der Waals surface area contributed by atoms with E-state index in [9.17, 15) is 0 Å². The molecule has 1 aromatic rings. The average Bonchev–Trinajstić information content (AvgIpc) is 2.07. The molecular weight excluding hydrogens is 218 g/mol. The highest BCUT2D eigenvalue weighted by molar-refractivity contribution is 9.10. The molecular formula is C9H10BrNO. The number of rotatable bonds is 2. The van der Waals surface area contributed by atoms with Gasteiger partial charge in [-0.2, -0.15) is 0 Å². The second kappa shape index (κ2) is 4.26. The number of oxime groups is 1. The zero-order valence-corrected chi connectivity index (χ0v) is 8.37. The Kier molecular flexibility index (Phi) is 3.29. The summed E-state index contributed by atoms with van der Waals surface area (Å²) in [5.74, 6) is 0. The van der Waals surface area contributed by atoms with Gasteiger partial charge in [-0.05, 0) is 18.6 Å². The second-order valence-corrected chi connectivity index (χ2v) is 3.33. The zero-order valence-electron chi connectivity index (χ0n) is 6.79. The van der Waals surface area contributed by atoms with Crippen LogP contribution in [0.2, 0.25) is 0 Å². The quantitative estimate of drug-likeness (QED) is 0.471. The molecule has 0 amide bonds. The lowest BCUT2D eigenvalue weighted by Gasteiger charge is -2.00. The van der Waals surface area contributed by atoms with Crippen LogP contribution in [0.3, 0.4) is 0 Å². The Balaban J connectivity index is 3.02. The Labute approximate surface area is 80.0 Å². The lowest BCUT2D eigenvalue weighted by atomic mass is 10.1. The molecule has 0 fully saturated rings. The summed E-state index contributed by atoms with van der Waals surface area (Å²) in [4.78, 5) is 0. The van der Waals surface area contributed by atoms with Crippen LogP contribution in [-0.4, -0.2) is 10.9 Å². The van der Waals surface area contributed by atoms with Gasteiger partial charge in [0.15, 0.2) is 0 Å². The largest absolute Gasteiger partial charge is 0.411 e. The van der Waals surface area contributed by atoms with Gasteiger partial charge in [-0.3, -0.25) is 0 Å². The summed E-state index contributed by atoms with van der Waals surface area (Å²) in [6.45, 7) is 1.95. The molecule has 1 rings (SSSR count). The zero-order chi connectivity index (χ0) is 8.97. The first-order chi connectivity index (χ1) is 5.77. The number of halogens is 1. The van der Waals surface area contributed by atoms with Gasteiger partial charge in [-0.1, -0.05) is 40.1 Å². The summed E-state index contributed by atoms with van der Waals surface area (Å²) >= 11 is 3.35. The Morgan fingerprint density at radius 2 is 2.33 bits per heavy atom. The van der Waals surface area contributed by atoms with E-state index in [-0.39, 0.29) is 0 Å². The Bertz CT molecular complexity index is 296. The van der Waals surface area contributed by atoms with Gasteiger partial charge in [0.1, 0.15) is 0 Å². The summed E-state index contributed by atoms with van der Waals surface area (Å²) in [5.41, 5.74) is 1.66. The lowest BCUT2D eigenvalue weighted by molar-refractivity contribution is 0.318. The molecule has 0 atom stereocenters. The first kappa shape index (κ1) is 9.26. The molecule has 0 bridgehead atoms. The van der Waals surface area contributed by atoms with Crippen LogP contribution in [0.5, 0.6) is 0 Å². The third-order valence-electron chi connectivity index (χ3n) is 1.61. The highest BCUT2D eigenvalue weighted by Gasteiger charge is 2.00. The van der Waals surface area contributed by atoms with Gasteiger partial charge in [0.2, 0.25) is 0 Å². The summed E-state index contributed by atoms with van der Waals surface area (Å²) < 4.78 is 0.995. The molecule has 3 heteroatoms. The summed E-state index contributed by atoms with van der Waals surface area (Å²) in [7, 11) is 0. The minimum Gasteiger partial charge on any atom is -0.411 e. The molecule has 0 aliphatic carbocycles. The van der Waals surface area contributed by atoms with Crippen LogP contribution >= 0.6 is 15.9 Å². The van der Waals surface area contributed by atoms with E-state index in [0.717, 1.165) is 16.5 Å². The van der Waals surface area contributed by atoms with Crippen molar-refractivity contribution in [3.8, 4) is 0 Å². The number of hydrogen-bond donors (Lipinski definition) is 1. The molecule has 1 N–H and O–H groups in total. The van der Waals surface area contributed by atoms with E-state index in [1.54, 1.807) is 0 Å². The third kappa shape index (κ3) is 2.08. The monoisotopic (exact) mass is 227 g/mol. The topological polar surface area (TPSA) is 32.6 Å². The van der Waals surface area contributed by atoms with Crippen molar-refractivity contribution in [3.05, 3.63) is 34.3 Å². The molecule has 0 aliphatic heterocycles. The van der Waals surface area contributed by atoms with E-state index >= 15 is 0 Å². The average molecular weight is 228 g/mol. The van der Waals surface area contributed by atoms with Crippen molar-refractivity contribution in [1.29, 1.82) is 0 Å². The van der Waals surface area contributed by atoms with E-state index in [2.05, 4.69) is 21.1 Å². The van der Waals surface area contributed by atoms with Crippen molar-refractivity contribution in [2.45, 2.75) is 13.3 Å². The standard InChI is InChI=1S/C9H10BrNO/c1-2-9(11-12)7-4-3-5-8(10)6-7/h3-6,12H,2H2,1H3/b11-9-. The van der Waals surface area contributed by atoms with Crippen molar-refractivity contribution in [2.24, 2.45) is 5.16 Å². The molecule has 0 heterocycles. The van der Waals surface area contributed by atoms with Crippen molar-refractivity contribution < 1.29 is 5.21 Å². The minimum atomic E-state index is 0.705. The smallest absolute Gasteiger partial charge is 0.0865 e. The predicted molar refractivity (Wildman–Crippen MR) is 52.8 cm³/mol. The SMILES string of the molecule is CC/C(=N/O)c1cccc(Br)c1. The van der Waals surface area contributed by atoms with Gasteiger partial charge < -0.3 is 5.21 Å². The number of benzene rings is 1. The molecule has 64 valence electrons. The number of nitrogens with zero attached hydrogens (tertiary/aromatic N) is 1. The predicted octanol–water partition coefficient (Wildman–Crippen LogP) is 3.04. The summed E-state index contributed by atoms with van der Waals surface area (Å²) in [5, 5.41) is 11.9. The summed E-state index contributed by atoms with van der Waals surface area (Å²) in [6, 6.07) is 7.70. The van der Waals surface area contributed by atoms with Crippen molar-refractivity contribution in [1.82, 2.24) is 0 Å². The Morgan fingerprint density at radius 3 is 2.83 bits per heavy atom. The van der Waals surface area contributed by atoms with Crippen LogP contribution in [0.25, 0.3) is 0 Å². The van der Waals surface area contributed by atoms with Crippen molar-refractivity contribution in [3.63, 3.8) is 0 Å². The fraction of sp³-hybridized carbons (Fsp3) is 0.222. The molecule has 0 aliphatic rings. The molecule has 0 saturated heterocycles. The molecule has 12 heavy (non-hydrogen) atoms. The van der Waals surface area contributed by atoms with Crippen LogP contribution < -0.4 is 0 Å². The first-order valence-corrected chi connectivity index (χ1v) is 4.54. The van der Waals surface area contributed by atoms with E-state index in [1.165, 1.54) is 0 Å². The molecule has 2 nitrogen and oxygen atoms in total. The fourth-order valence-electron chi connectivity index (χ4n) is 1.00. The maximum atomic E-state index is 8.64. The minimum absolute atomic E-state index is 0.705. The van der Waals surface area contributed by atoms with Gasteiger partial charge >= 0.3 is 0 Å². The van der Waals surface area contributed by atoms with Crippen LogP contribution in [-0.2, 0) is 0 Å². The van der Waals surface area contributed by atoms with E-state index in [0.29, 0.717) is 5.71 Å². The summed E-state index contributed by atoms with van der Waals surface area (Å²) in [6.07, 6.45) is 0.729. The van der Waals surface area contributed by atoms with Crippen LogP contribution in [0.1, 0.15) is 18.9 Å². The molecule has 1 aromatic carbocycles. The van der Waals surface area contributed by atoms with Gasteiger partial charge in [-0.15, -0.1) is 0 Å². The normalized spacial score (nSPS) is 11.7. The van der Waals surface area contributed by atoms with Crippen molar-refractivity contribution >= 4 is 21.6 Å². The third-order valence-corrected chi connectivity index (χ3v) is 2.11. The Hall–Kier alpha value is -0.830. The van der Waals surface area contributed by atoms with Crippen LogP contribution in [0, 0.1) is 0 Å². The van der Waals surface area contributed by atoms with Gasteiger partial charge in [0, 0.05) is 10.0 Å². The highest BCUT2D eigenvalue weighted by Crippen LogP contribution is 2.13. The molecule has 0 unspecified atom stereocenters. The second-order valence-electron chi connectivity index (χ2n) is 2.41. The van der Waals surface area contributed by atoms with E-state index in [1.807, 2.05) is 31.2 Å². The lowest BCUT2D eigenvalue weighted by Crippen LogP contribution is -1.97. The van der Waals surface area contributed by atoms with Crippen LogP contribution in [0.15, 0.2) is 33.9 Å².